The van der Waals surface area contributed by atoms with Crippen LogP contribution in [0.1, 0.15) is 251 Å². The van der Waals surface area contributed by atoms with E-state index in [-0.39, 0.29) is 24.0 Å². The molecule has 14 rings (SSSR count). The van der Waals surface area contributed by atoms with Gasteiger partial charge in [-0.3, -0.25) is 0 Å². The Balaban J connectivity index is 1.17. The van der Waals surface area contributed by atoms with Gasteiger partial charge in [0.1, 0.15) is 0 Å². The van der Waals surface area contributed by atoms with Crippen LogP contribution in [0.25, 0.3) is 55.6 Å². The van der Waals surface area contributed by atoms with E-state index in [4.69, 9.17) is 0 Å². The highest BCUT2D eigenvalue weighted by Crippen LogP contribution is 2.54. The minimum Gasteiger partial charge on any atom is -0.311 e. The third-order valence-electron chi connectivity index (χ3n) is 22.8. The predicted octanol–water partition coefficient (Wildman–Crippen LogP) is 27.6. The van der Waals surface area contributed by atoms with E-state index in [0.717, 1.165) is 18.5 Å². The van der Waals surface area contributed by atoms with Gasteiger partial charge in [0.05, 0.1) is 5.69 Å². The average Bonchev–Trinajstić information content (AvgIpc) is 0.689. The summed E-state index contributed by atoms with van der Waals surface area (Å²) in [5.74, 6) is 2.50. The number of nitrogens with zero attached hydrogens (tertiary/aromatic N) is 2. The summed E-state index contributed by atoms with van der Waals surface area (Å²) in [6, 6.07) is 95.4. The molecule has 0 N–H and O–H groups in total. The van der Waals surface area contributed by atoms with Gasteiger partial charge >= 0.3 is 0 Å². The first-order valence-corrected chi connectivity index (χ1v) is 39.4. The van der Waals surface area contributed by atoms with Gasteiger partial charge in [0, 0.05) is 34.0 Å². The smallest absolute Gasteiger partial charge is 0.252 e. The van der Waals surface area contributed by atoms with E-state index in [1.165, 1.54) is 173 Å². The fourth-order valence-electron chi connectivity index (χ4n) is 17.1. The Morgan fingerprint density at radius 3 is 1.19 bits per heavy atom. The Bertz CT molecular complexity index is 5070. The highest BCUT2D eigenvalue weighted by molar-refractivity contribution is 7.00. The van der Waals surface area contributed by atoms with Gasteiger partial charge in [-0.2, -0.15) is 0 Å². The largest absolute Gasteiger partial charge is 0.311 e. The number of hydrogen-bond donors (Lipinski definition) is 0. The maximum absolute atomic E-state index is 2.78. The van der Waals surface area contributed by atoms with Gasteiger partial charge < -0.3 is 9.80 Å². The monoisotopic (exact) mass is 1370 g/mol. The van der Waals surface area contributed by atoms with Crippen LogP contribution in [0, 0.1) is 0 Å². The molecule has 0 aromatic heterocycles. The van der Waals surface area contributed by atoms with Gasteiger partial charge in [0.2, 0.25) is 0 Å². The summed E-state index contributed by atoms with van der Waals surface area (Å²) in [6.07, 6.45) is 1.53. The molecule has 0 amide bonds. The zero-order chi connectivity index (χ0) is 74.0. The fourth-order valence-corrected chi connectivity index (χ4v) is 17.1. The molecule has 2 aliphatic heterocycles. The molecule has 0 fully saturated rings. The molecule has 2 aliphatic rings. The van der Waals surface area contributed by atoms with Crippen molar-refractivity contribution in [1.82, 2.24) is 0 Å². The third kappa shape index (κ3) is 13.9. The number of hydrogen-bond acceptors (Lipinski definition) is 2. The zero-order valence-electron chi connectivity index (χ0n) is 66.1. The van der Waals surface area contributed by atoms with Crippen LogP contribution >= 0.6 is 0 Å². The Morgan fingerprint density at radius 1 is 0.295 bits per heavy atom. The number of rotatable bonds is 19. The SMILES string of the molecule is CC(C)c1cc(C(C)C)c(-c2ccc3c(c2)B2c4cc(Cc5ccccc5)ccc4N(c4c(Cc5ccccc5)cc(-c5ccccc5)cc4-c4ccccc4)c4cc(-c5c(C(C)C)cc(C(C)C)cc5C(C)C)cc(c42)N3c2ccc(-c3c(C(C)C)cc(C(C)(C)C)cc3C(C)C)cc2)c(C(C)C)c1. The van der Waals surface area contributed by atoms with E-state index in [9.17, 15) is 0 Å². The Morgan fingerprint density at radius 2 is 0.705 bits per heavy atom. The lowest BCUT2D eigenvalue weighted by Gasteiger charge is -2.45. The van der Waals surface area contributed by atoms with Crippen molar-refractivity contribution >= 4 is 57.2 Å². The molecule has 530 valence electrons. The van der Waals surface area contributed by atoms with E-state index in [2.05, 4.69) is 384 Å². The normalized spacial score (nSPS) is 12.8. The van der Waals surface area contributed by atoms with Crippen molar-refractivity contribution in [1.29, 1.82) is 0 Å². The van der Waals surface area contributed by atoms with E-state index in [1.807, 2.05) is 0 Å². The molecule has 0 aliphatic carbocycles. The first kappa shape index (κ1) is 72.3. The number of benzene rings is 12. The second-order valence-electron chi connectivity index (χ2n) is 34.0. The lowest BCUT2D eigenvalue weighted by molar-refractivity contribution is 0.587. The van der Waals surface area contributed by atoms with Crippen molar-refractivity contribution in [3.63, 3.8) is 0 Å². The summed E-state index contributed by atoms with van der Waals surface area (Å²) in [6.45, 7) is 45.1. The van der Waals surface area contributed by atoms with Crippen molar-refractivity contribution in [2.24, 2.45) is 0 Å². The van der Waals surface area contributed by atoms with Gasteiger partial charge in [0.25, 0.3) is 6.71 Å². The second kappa shape index (κ2) is 29.3. The zero-order valence-corrected chi connectivity index (χ0v) is 66.1. The van der Waals surface area contributed by atoms with Gasteiger partial charge in [-0.05, 0) is 253 Å². The molecule has 3 heteroatoms. The standard InChI is InChI=1S/C102H109BN2/c1-62(2)77-52-84(64(5)6)98(85(53-77)65(7)8)76-43-47-93-92(57-76)103-91-50-72(48-70-32-24-20-25-33-70)40-46-94(91)105(101-81(49-71-34-26-21-27-35-71)51-79(73-36-28-22-29-37-73)56-90(101)74-38-30-23-31-39-74)96-59-80(99-86(66(9)10)54-78(63(3)4)55-87(99)67(11)12)58-95(100(96)103)104(93)83-44-41-75(42-45-83)97-88(68(13)14)60-82(102(17,18)19)61-89(97)69(15)16/h20-47,50-69H,48-49H2,1-19H3. The molecule has 12 aromatic rings. The average molecular weight is 1370 g/mol. The number of anilines is 6. The summed E-state index contributed by atoms with van der Waals surface area (Å²) in [5.41, 5.74) is 41.5. The van der Waals surface area contributed by atoms with E-state index in [1.54, 1.807) is 0 Å². The summed E-state index contributed by atoms with van der Waals surface area (Å²) < 4.78 is 0. The molecule has 0 spiro atoms. The minimum atomic E-state index is -0.182. The van der Waals surface area contributed by atoms with Crippen molar-refractivity contribution in [2.45, 2.75) is 197 Å². The minimum absolute atomic E-state index is 0.00699. The van der Waals surface area contributed by atoms with E-state index < -0.39 is 0 Å². The first-order valence-electron chi connectivity index (χ1n) is 39.4. The summed E-state index contributed by atoms with van der Waals surface area (Å²) >= 11 is 0. The molecule has 105 heavy (non-hydrogen) atoms. The van der Waals surface area contributed by atoms with Gasteiger partial charge in [-0.25, -0.2) is 0 Å². The quantitative estimate of drug-likeness (QED) is 0.0745. The maximum atomic E-state index is 2.78. The lowest BCUT2D eigenvalue weighted by atomic mass is 9.33. The lowest BCUT2D eigenvalue weighted by Crippen LogP contribution is -2.61. The molecule has 0 radical (unpaired) electrons. The van der Waals surface area contributed by atoms with Crippen molar-refractivity contribution < 1.29 is 0 Å². The maximum Gasteiger partial charge on any atom is 0.252 e. The topological polar surface area (TPSA) is 6.48 Å². The Labute approximate surface area is 630 Å². The molecule has 12 aromatic carbocycles. The molecular weight excluding hydrogens is 1260 g/mol. The van der Waals surface area contributed by atoms with Gasteiger partial charge in [0.15, 0.2) is 0 Å². The molecular formula is C102H109BN2. The van der Waals surface area contributed by atoms with E-state index >= 15 is 0 Å². The fraction of sp³-hybridized carbons (Fsp3) is 0.294. The van der Waals surface area contributed by atoms with Crippen molar-refractivity contribution in [3.05, 3.63) is 315 Å². The van der Waals surface area contributed by atoms with Crippen LogP contribution < -0.4 is 26.2 Å². The van der Waals surface area contributed by atoms with Gasteiger partial charge in [-0.15, -0.1) is 0 Å². The number of fused-ring (bicyclic) bond motifs is 4. The summed E-state index contributed by atoms with van der Waals surface area (Å²) in [4.78, 5) is 5.48. The molecule has 2 heterocycles. The van der Waals surface area contributed by atoms with Crippen LogP contribution in [0.5, 0.6) is 0 Å². The molecule has 0 atom stereocenters. The highest BCUT2D eigenvalue weighted by Gasteiger charge is 2.46. The summed E-state index contributed by atoms with van der Waals surface area (Å²) in [7, 11) is 0. The van der Waals surface area contributed by atoms with Crippen molar-refractivity contribution in [3.8, 4) is 55.6 Å². The summed E-state index contributed by atoms with van der Waals surface area (Å²) in [5, 5.41) is 0. The molecule has 0 saturated heterocycles. The van der Waals surface area contributed by atoms with Crippen LogP contribution in [0.3, 0.4) is 0 Å². The van der Waals surface area contributed by atoms with Crippen LogP contribution in [0.2, 0.25) is 0 Å². The highest BCUT2D eigenvalue weighted by atomic mass is 15.2. The van der Waals surface area contributed by atoms with Gasteiger partial charge in [-0.1, -0.05) is 326 Å². The molecule has 0 bridgehead atoms. The predicted molar refractivity (Wildman–Crippen MR) is 458 cm³/mol. The van der Waals surface area contributed by atoms with Crippen LogP contribution in [-0.2, 0) is 18.3 Å². The molecule has 2 nitrogen and oxygen atoms in total. The Kier molecular flexibility index (Phi) is 20.2. The molecule has 0 saturated carbocycles. The van der Waals surface area contributed by atoms with Crippen LogP contribution in [-0.4, -0.2) is 6.71 Å². The second-order valence-corrected chi connectivity index (χ2v) is 34.0. The third-order valence-corrected chi connectivity index (χ3v) is 22.8. The van der Waals surface area contributed by atoms with Crippen LogP contribution in [0.15, 0.2) is 243 Å². The van der Waals surface area contributed by atoms with Crippen molar-refractivity contribution in [2.75, 3.05) is 9.80 Å². The van der Waals surface area contributed by atoms with E-state index in [0.29, 0.717) is 35.5 Å². The first-order chi connectivity index (χ1) is 50.3. The Hall–Kier alpha value is -9.70. The molecule has 0 unspecified atom stereocenters. The van der Waals surface area contributed by atoms with Crippen LogP contribution in [0.4, 0.5) is 34.1 Å².